The van der Waals surface area contributed by atoms with Gasteiger partial charge in [-0.3, -0.25) is 4.79 Å². The van der Waals surface area contributed by atoms with Crippen molar-refractivity contribution in [1.29, 1.82) is 0 Å². The van der Waals surface area contributed by atoms with Gasteiger partial charge in [-0.15, -0.1) is 0 Å². The van der Waals surface area contributed by atoms with Crippen LogP contribution in [-0.4, -0.2) is 49.7 Å². The van der Waals surface area contributed by atoms with Gasteiger partial charge in [0.05, 0.1) is 12.6 Å². The summed E-state index contributed by atoms with van der Waals surface area (Å²) < 4.78 is 5.08. The quantitative estimate of drug-likeness (QED) is 0.747. The van der Waals surface area contributed by atoms with Crippen LogP contribution in [0.3, 0.4) is 0 Å². The molecule has 0 aromatic rings. The van der Waals surface area contributed by atoms with Gasteiger partial charge in [-0.1, -0.05) is 6.92 Å². The Morgan fingerprint density at radius 2 is 2.19 bits per heavy atom. The Kier molecular flexibility index (Phi) is 3.82. The lowest BCUT2D eigenvalue weighted by Gasteiger charge is -2.27. The average molecular weight is 226 g/mol. The summed E-state index contributed by atoms with van der Waals surface area (Å²) in [4.78, 5) is 14.4. The minimum Gasteiger partial charge on any atom is -0.383 e. The molecular formula is C12H22N2O2. The Morgan fingerprint density at radius 3 is 2.69 bits per heavy atom. The smallest absolute Gasteiger partial charge is 0.240 e. The van der Waals surface area contributed by atoms with Gasteiger partial charge in [0.25, 0.3) is 0 Å². The normalized spacial score (nSPS) is 29.4. The lowest BCUT2D eigenvalue weighted by molar-refractivity contribution is -0.135. The van der Waals surface area contributed by atoms with Crippen molar-refractivity contribution in [3.05, 3.63) is 0 Å². The first-order valence-corrected chi connectivity index (χ1v) is 6.27. The summed E-state index contributed by atoms with van der Waals surface area (Å²) in [6.07, 6.45) is 3.44. The summed E-state index contributed by atoms with van der Waals surface area (Å²) in [7, 11) is 1.69. The van der Waals surface area contributed by atoms with Crippen molar-refractivity contribution >= 4 is 5.91 Å². The van der Waals surface area contributed by atoms with Crippen LogP contribution in [0.25, 0.3) is 0 Å². The summed E-state index contributed by atoms with van der Waals surface area (Å²) in [5.41, 5.74) is 0. The zero-order valence-electron chi connectivity index (χ0n) is 10.2. The highest BCUT2D eigenvalue weighted by Gasteiger charge is 2.38. The average Bonchev–Trinajstić information content (AvgIpc) is 3.01. The van der Waals surface area contributed by atoms with E-state index in [0.717, 1.165) is 32.4 Å². The van der Waals surface area contributed by atoms with Crippen molar-refractivity contribution in [2.45, 2.75) is 38.3 Å². The molecular weight excluding hydrogens is 204 g/mol. The largest absolute Gasteiger partial charge is 0.383 e. The molecule has 4 heteroatoms. The van der Waals surface area contributed by atoms with Crippen molar-refractivity contribution in [1.82, 2.24) is 10.2 Å². The van der Waals surface area contributed by atoms with Crippen molar-refractivity contribution < 1.29 is 9.53 Å². The van der Waals surface area contributed by atoms with E-state index in [1.165, 1.54) is 0 Å². The van der Waals surface area contributed by atoms with Gasteiger partial charge in [0.2, 0.25) is 5.91 Å². The fraction of sp³-hybridized carbons (Fsp3) is 0.917. The second-order valence-corrected chi connectivity index (χ2v) is 4.95. The summed E-state index contributed by atoms with van der Waals surface area (Å²) in [6.45, 7) is 4.51. The molecule has 0 spiro atoms. The first kappa shape index (κ1) is 11.9. The molecule has 1 heterocycles. The molecule has 0 aromatic heterocycles. The van der Waals surface area contributed by atoms with Crippen molar-refractivity contribution in [3.63, 3.8) is 0 Å². The molecule has 0 aromatic carbocycles. The second kappa shape index (κ2) is 5.15. The lowest BCUT2D eigenvalue weighted by atomic mass is 10.0. The molecule has 92 valence electrons. The van der Waals surface area contributed by atoms with E-state index < -0.39 is 0 Å². The van der Waals surface area contributed by atoms with Gasteiger partial charge in [0.15, 0.2) is 0 Å². The Labute approximate surface area is 97.3 Å². The maximum Gasteiger partial charge on any atom is 0.240 e. The maximum atomic E-state index is 12.4. The summed E-state index contributed by atoms with van der Waals surface area (Å²) in [5, 5.41) is 3.31. The van der Waals surface area contributed by atoms with Crippen molar-refractivity contribution in [3.8, 4) is 0 Å². The SMILES string of the molecule is COCCN(C(=O)C1NCCC1C)C1CC1. The Balaban J connectivity index is 1.93. The zero-order chi connectivity index (χ0) is 11.5. The summed E-state index contributed by atoms with van der Waals surface area (Å²) in [5.74, 6) is 0.751. The number of hydrogen-bond acceptors (Lipinski definition) is 3. The van der Waals surface area contributed by atoms with Crippen LogP contribution < -0.4 is 5.32 Å². The highest BCUT2D eigenvalue weighted by Crippen LogP contribution is 2.28. The highest BCUT2D eigenvalue weighted by atomic mass is 16.5. The summed E-state index contributed by atoms with van der Waals surface area (Å²) in [6, 6.07) is 0.523. The van der Waals surface area contributed by atoms with Crippen LogP contribution in [-0.2, 0) is 9.53 Å². The van der Waals surface area contributed by atoms with E-state index in [4.69, 9.17) is 4.74 Å². The molecule has 0 radical (unpaired) electrons. The molecule has 1 saturated heterocycles. The molecule has 2 aliphatic rings. The molecule has 1 N–H and O–H groups in total. The van der Waals surface area contributed by atoms with Crippen LogP contribution in [0.2, 0.25) is 0 Å². The molecule has 2 fully saturated rings. The molecule has 1 saturated carbocycles. The third kappa shape index (κ3) is 2.55. The predicted molar refractivity (Wildman–Crippen MR) is 62.2 cm³/mol. The number of nitrogens with one attached hydrogen (secondary N) is 1. The van der Waals surface area contributed by atoms with Crippen LogP contribution in [0.4, 0.5) is 0 Å². The van der Waals surface area contributed by atoms with E-state index in [-0.39, 0.29) is 11.9 Å². The highest BCUT2D eigenvalue weighted by molar-refractivity contribution is 5.83. The van der Waals surface area contributed by atoms with E-state index in [0.29, 0.717) is 18.6 Å². The Bertz CT molecular complexity index is 253. The summed E-state index contributed by atoms with van der Waals surface area (Å²) >= 11 is 0. The molecule has 2 rings (SSSR count). The Morgan fingerprint density at radius 1 is 1.44 bits per heavy atom. The number of methoxy groups -OCH3 is 1. The molecule has 0 bridgehead atoms. The van der Waals surface area contributed by atoms with Gasteiger partial charge in [0.1, 0.15) is 0 Å². The first-order chi connectivity index (χ1) is 7.74. The number of nitrogens with zero attached hydrogens (tertiary/aromatic N) is 1. The zero-order valence-corrected chi connectivity index (χ0v) is 10.2. The topological polar surface area (TPSA) is 41.6 Å². The van der Waals surface area contributed by atoms with Crippen LogP contribution in [0.1, 0.15) is 26.2 Å². The molecule has 1 aliphatic heterocycles. The first-order valence-electron chi connectivity index (χ1n) is 6.27. The number of carbonyl (C=O) groups is 1. The van der Waals surface area contributed by atoms with Crippen LogP contribution >= 0.6 is 0 Å². The number of rotatable bonds is 5. The monoisotopic (exact) mass is 226 g/mol. The van der Waals surface area contributed by atoms with Crippen molar-refractivity contribution in [2.24, 2.45) is 5.92 Å². The van der Waals surface area contributed by atoms with Crippen LogP contribution in [0, 0.1) is 5.92 Å². The maximum absolute atomic E-state index is 12.4. The number of hydrogen-bond donors (Lipinski definition) is 1. The number of ether oxygens (including phenoxy) is 1. The fourth-order valence-electron chi connectivity index (χ4n) is 2.39. The van der Waals surface area contributed by atoms with Gasteiger partial charge in [0, 0.05) is 19.7 Å². The van der Waals surface area contributed by atoms with Crippen LogP contribution in [0.5, 0.6) is 0 Å². The molecule has 2 atom stereocenters. The van der Waals surface area contributed by atoms with Crippen LogP contribution in [0.15, 0.2) is 0 Å². The standard InChI is InChI=1S/C12H22N2O2/c1-9-5-6-13-11(9)12(15)14(7-8-16-2)10-3-4-10/h9-11,13H,3-8H2,1-2H3. The van der Waals surface area contributed by atoms with Gasteiger partial charge < -0.3 is 15.0 Å². The molecule has 4 nitrogen and oxygen atoms in total. The van der Waals surface area contributed by atoms with Gasteiger partial charge >= 0.3 is 0 Å². The fourth-order valence-corrected chi connectivity index (χ4v) is 2.39. The third-order valence-corrected chi connectivity index (χ3v) is 3.61. The molecule has 16 heavy (non-hydrogen) atoms. The molecule has 1 amide bonds. The van der Waals surface area contributed by atoms with E-state index in [9.17, 15) is 4.79 Å². The van der Waals surface area contributed by atoms with E-state index in [2.05, 4.69) is 12.2 Å². The molecule has 2 unspecified atom stereocenters. The number of amides is 1. The van der Waals surface area contributed by atoms with E-state index in [1.807, 2.05) is 4.90 Å². The van der Waals surface area contributed by atoms with E-state index >= 15 is 0 Å². The van der Waals surface area contributed by atoms with Crippen molar-refractivity contribution in [2.75, 3.05) is 26.8 Å². The van der Waals surface area contributed by atoms with Gasteiger partial charge in [-0.2, -0.15) is 0 Å². The third-order valence-electron chi connectivity index (χ3n) is 3.61. The number of carbonyl (C=O) groups excluding carboxylic acids is 1. The minimum absolute atomic E-state index is 0.0393. The second-order valence-electron chi connectivity index (χ2n) is 4.95. The van der Waals surface area contributed by atoms with E-state index in [1.54, 1.807) is 7.11 Å². The van der Waals surface area contributed by atoms with Gasteiger partial charge in [-0.25, -0.2) is 0 Å². The lowest BCUT2D eigenvalue weighted by Crippen LogP contribution is -2.48. The van der Waals surface area contributed by atoms with Gasteiger partial charge in [-0.05, 0) is 31.7 Å². The Hall–Kier alpha value is -0.610. The minimum atomic E-state index is 0.0393. The predicted octanol–water partition coefficient (Wildman–Crippen LogP) is 0.622. The molecule has 1 aliphatic carbocycles.